The Morgan fingerprint density at radius 3 is 2.35 bits per heavy atom. The van der Waals surface area contributed by atoms with Crippen LogP contribution in [0.2, 0.25) is 0 Å². The van der Waals surface area contributed by atoms with E-state index in [1.807, 2.05) is 11.8 Å². The maximum atomic E-state index is 12.8. The molecular weight excluding hydrogens is 420 g/mol. The molecule has 1 atom stereocenters. The molecule has 2 N–H and O–H groups in total. The third kappa shape index (κ3) is 7.88. The third-order valence-electron chi connectivity index (χ3n) is 5.25. The molecule has 1 heterocycles. The molecular formula is C21H34N4O5S. The van der Waals surface area contributed by atoms with Crippen molar-refractivity contribution in [1.82, 2.24) is 19.8 Å². The van der Waals surface area contributed by atoms with Crippen molar-refractivity contribution in [3.63, 3.8) is 0 Å². The van der Waals surface area contributed by atoms with Crippen LogP contribution in [-0.2, 0) is 19.6 Å². The monoisotopic (exact) mass is 454 g/mol. The van der Waals surface area contributed by atoms with Gasteiger partial charge in [-0.05, 0) is 44.0 Å². The van der Waals surface area contributed by atoms with Gasteiger partial charge in [-0.1, -0.05) is 6.92 Å². The number of nitrogens with zero attached hydrogens (tertiary/aromatic N) is 2. The quantitative estimate of drug-likeness (QED) is 0.476. The summed E-state index contributed by atoms with van der Waals surface area (Å²) in [6, 6.07) is 5.86. The molecule has 1 aliphatic rings. The van der Waals surface area contributed by atoms with Crippen LogP contribution in [0.15, 0.2) is 29.2 Å². The van der Waals surface area contributed by atoms with Crippen molar-refractivity contribution >= 4 is 21.8 Å². The van der Waals surface area contributed by atoms with E-state index >= 15 is 0 Å². The predicted molar refractivity (Wildman–Crippen MR) is 118 cm³/mol. The van der Waals surface area contributed by atoms with E-state index in [0.717, 1.165) is 6.42 Å². The fourth-order valence-corrected chi connectivity index (χ4v) is 4.51. The first-order chi connectivity index (χ1) is 14.8. The predicted octanol–water partition coefficient (Wildman–Crippen LogP) is 0.674. The van der Waals surface area contributed by atoms with E-state index < -0.39 is 10.0 Å². The minimum atomic E-state index is -3.59. The van der Waals surface area contributed by atoms with Gasteiger partial charge in [0.25, 0.3) is 5.91 Å². The zero-order chi connectivity index (χ0) is 22.9. The van der Waals surface area contributed by atoms with Crippen LogP contribution in [0.25, 0.3) is 0 Å². The van der Waals surface area contributed by atoms with Gasteiger partial charge in [-0.25, -0.2) is 13.1 Å². The van der Waals surface area contributed by atoms with Crippen LogP contribution in [-0.4, -0.2) is 89.1 Å². The molecule has 0 aliphatic carbocycles. The van der Waals surface area contributed by atoms with Crippen LogP contribution in [0.3, 0.4) is 0 Å². The molecule has 174 valence electrons. The number of methoxy groups -OCH3 is 1. The second-order valence-corrected chi connectivity index (χ2v) is 9.43. The van der Waals surface area contributed by atoms with E-state index in [2.05, 4.69) is 10.0 Å². The number of ether oxygens (including phenoxy) is 1. The Bertz CT molecular complexity index is 821. The summed E-state index contributed by atoms with van der Waals surface area (Å²) in [4.78, 5) is 28.6. The molecule has 0 saturated carbocycles. The Hall–Kier alpha value is -2.01. The Morgan fingerprint density at radius 1 is 1.13 bits per heavy atom. The first-order valence-electron chi connectivity index (χ1n) is 10.7. The van der Waals surface area contributed by atoms with E-state index in [1.54, 1.807) is 31.1 Å². The fraction of sp³-hybridized carbons (Fsp3) is 0.619. The maximum Gasteiger partial charge on any atom is 0.253 e. The zero-order valence-corrected chi connectivity index (χ0v) is 19.4. The van der Waals surface area contributed by atoms with Gasteiger partial charge in [-0.3, -0.25) is 14.5 Å². The van der Waals surface area contributed by atoms with Gasteiger partial charge in [-0.15, -0.1) is 0 Å². The summed E-state index contributed by atoms with van der Waals surface area (Å²) in [6.45, 7) is 7.49. The molecule has 2 rings (SSSR count). The minimum Gasteiger partial charge on any atom is -0.385 e. The molecule has 0 aromatic heterocycles. The highest BCUT2D eigenvalue weighted by Gasteiger charge is 2.24. The van der Waals surface area contributed by atoms with Crippen molar-refractivity contribution in [2.45, 2.75) is 37.6 Å². The van der Waals surface area contributed by atoms with Crippen molar-refractivity contribution in [1.29, 1.82) is 0 Å². The molecule has 9 nitrogen and oxygen atoms in total. The number of nitrogens with one attached hydrogen (secondary N) is 2. The standard InChI is InChI=1S/C21H34N4O5S/c1-4-17(2)23-31(28,29)19-8-6-18(7-9-19)21(27)25-13-11-24(12-14-25)16-20(26)22-10-5-15-30-3/h6-9,17,23H,4-5,10-16H2,1-3H3,(H,22,26). The zero-order valence-electron chi connectivity index (χ0n) is 18.6. The second kappa shape index (κ2) is 12.1. The molecule has 0 bridgehead atoms. The van der Waals surface area contributed by atoms with Gasteiger partial charge in [-0.2, -0.15) is 0 Å². The highest BCUT2D eigenvalue weighted by molar-refractivity contribution is 7.89. The summed E-state index contributed by atoms with van der Waals surface area (Å²) in [7, 11) is -1.97. The van der Waals surface area contributed by atoms with Crippen LogP contribution < -0.4 is 10.0 Å². The number of sulfonamides is 1. The molecule has 1 aliphatic heterocycles. The van der Waals surface area contributed by atoms with E-state index in [4.69, 9.17) is 4.74 Å². The molecule has 1 unspecified atom stereocenters. The van der Waals surface area contributed by atoms with Gasteiger partial charge in [0.05, 0.1) is 11.4 Å². The average molecular weight is 455 g/mol. The first-order valence-corrected chi connectivity index (χ1v) is 12.1. The fourth-order valence-electron chi connectivity index (χ4n) is 3.19. The molecule has 1 aromatic rings. The topological polar surface area (TPSA) is 108 Å². The molecule has 31 heavy (non-hydrogen) atoms. The van der Waals surface area contributed by atoms with Gasteiger partial charge in [0.15, 0.2) is 0 Å². The van der Waals surface area contributed by atoms with Crippen molar-refractivity contribution in [3.8, 4) is 0 Å². The van der Waals surface area contributed by atoms with Crippen LogP contribution in [0.1, 0.15) is 37.0 Å². The van der Waals surface area contributed by atoms with Crippen LogP contribution >= 0.6 is 0 Å². The normalized spacial score (nSPS) is 16.2. The van der Waals surface area contributed by atoms with Crippen molar-refractivity contribution < 1.29 is 22.7 Å². The van der Waals surface area contributed by atoms with E-state index in [1.165, 1.54) is 12.1 Å². The number of rotatable bonds is 11. The summed E-state index contributed by atoms with van der Waals surface area (Å²) < 4.78 is 32.3. The maximum absolute atomic E-state index is 12.8. The molecule has 2 amide bonds. The number of carbonyl (C=O) groups is 2. The summed E-state index contributed by atoms with van der Waals surface area (Å²) in [5.41, 5.74) is 0.451. The van der Waals surface area contributed by atoms with Crippen molar-refractivity contribution in [3.05, 3.63) is 29.8 Å². The summed E-state index contributed by atoms with van der Waals surface area (Å²) in [6.07, 6.45) is 1.47. The Balaban J connectivity index is 1.84. The average Bonchev–Trinajstić information content (AvgIpc) is 2.76. The SMILES string of the molecule is CCC(C)NS(=O)(=O)c1ccc(C(=O)N2CCN(CC(=O)NCCCOC)CC2)cc1. The van der Waals surface area contributed by atoms with E-state index in [9.17, 15) is 18.0 Å². The summed E-state index contributed by atoms with van der Waals surface area (Å²) in [5.74, 6) is -0.166. The van der Waals surface area contributed by atoms with Gasteiger partial charge in [0, 0.05) is 58.0 Å². The lowest BCUT2D eigenvalue weighted by Crippen LogP contribution is -2.51. The molecule has 0 radical (unpaired) electrons. The van der Waals surface area contributed by atoms with Crippen molar-refractivity contribution in [2.24, 2.45) is 0 Å². The molecule has 1 saturated heterocycles. The number of carbonyl (C=O) groups excluding carboxylic acids is 2. The molecule has 1 aromatic carbocycles. The highest BCUT2D eigenvalue weighted by atomic mass is 32.2. The van der Waals surface area contributed by atoms with Gasteiger partial charge in [0.2, 0.25) is 15.9 Å². The number of hydrogen-bond donors (Lipinski definition) is 2. The van der Waals surface area contributed by atoms with Gasteiger partial charge < -0.3 is 15.0 Å². The summed E-state index contributed by atoms with van der Waals surface area (Å²) >= 11 is 0. The second-order valence-electron chi connectivity index (χ2n) is 7.72. The van der Waals surface area contributed by atoms with Gasteiger partial charge in [0.1, 0.15) is 0 Å². The number of benzene rings is 1. The Morgan fingerprint density at radius 2 is 1.77 bits per heavy atom. The Labute approximate surface area is 185 Å². The van der Waals surface area contributed by atoms with Crippen molar-refractivity contribution in [2.75, 3.05) is 53.0 Å². The lowest BCUT2D eigenvalue weighted by atomic mass is 10.2. The third-order valence-corrected chi connectivity index (χ3v) is 6.86. The Kier molecular flexibility index (Phi) is 9.89. The molecule has 0 spiro atoms. The minimum absolute atomic E-state index is 0.0290. The van der Waals surface area contributed by atoms with E-state index in [0.29, 0.717) is 57.9 Å². The highest BCUT2D eigenvalue weighted by Crippen LogP contribution is 2.14. The molecule has 10 heteroatoms. The first kappa shape index (κ1) is 25.3. The number of amides is 2. The largest absolute Gasteiger partial charge is 0.385 e. The lowest BCUT2D eigenvalue weighted by Gasteiger charge is -2.34. The summed E-state index contributed by atoms with van der Waals surface area (Å²) in [5, 5.41) is 2.86. The van der Waals surface area contributed by atoms with Crippen LogP contribution in [0, 0.1) is 0 Å². The van der Waals surface area contributed by atoms with E-state index in [-0.39, 0.29) is 22.8 Å². The number of piperazine rings is 1. The lowest BCUT2D eigenvalue weighted by molar-refractivity contribution is -0.122. The number of hydrogen-bond acceptors (Lipinski definition) is 6. The van der Waals surface area contributed by atoms with Crippen LogP contribution in [0.5, 0.6) is 0 Å². The van der Waals surface area contributed by atoms with Gasteiger partial charge >= 0.3 is 0 Å². The molecule has 1 fully saturated rings. The van der Waals surface area contributed by atoms with Crippen LogP contribution in [0.4, 0.5) is 0 Å². The smallest absolute Gasteiger partial charge is 0.253 e.